The third kappa shape index (κ3) is 4.20. The van der Waals surface area contributed by atoms with Gasteiger partial charge < -0.3 is 14.5 Å². The van der Waals surface area contributed by atoms with Gasteiger partial charge in [-0.25, -0.2) is 4.98 Å². The summed E-state index contributed by atoms with van der Waals surface area (Å²) in [6, 6.07) is 1.73. The molecule has 19 heavy (non-hydrogen) atoms. The molecule has 0 radical (unpaired) electrons. The molecule has 0 aromatic carbocycles. The Hall–Kier alpha value is -1.63. The second-order valence-electron chi connectivity index (χ2n) is 3.93. The van der Waals surface area contributed by atoms with Crippen LogP contribution in [0.2, 0.25) is 0 Å². The highest BCUT2D eigenvalue weighted by atomic mass is 79.9. The van der Waals surface area contributed by atoms with Crippen molar-refractivity contribution in [2.75, 3.05) is 37.0 Å². The summed E-state index contributed by atoms with van der Waals surface area (Å²) in [5, 5.41) is 0. The summed E-state index contributed by atoms with van der Waals surface area (Å²) in [4.78, 5) is 29.9. The number of rotatable bonds is 6. The number of halogens is 1. The molecule has 0 aliphatic rings. The molecule has 1 amide bonds. The van der Waals surface area contributed by atoms with Gasteiger partial charge in [-0.3, -0.25) is 9.59 Å². The molecule has 1 aromatic heterocycles. The van der Waals surface area contributed by atoms with E-state index in [1.807, 2.05) is 14.1 Å². The van der Waals surface area contributed by atoms with Gasteiger partial charge in [0, 0.05) is 24.8 Å². The molecule has 0 bridgehead atoms. The Bertz CT molecular complexity index is 466. The third-order valence-corrected chi connectivity index (χ3v) is 2.71. The van der Waals surface area contributed by atoms with E-state index in [1.54, 1.807) is 24.1 Å². The molecule has 0 spiro atoms. The molecule has 0 aliphatic heterocycles. The van der Waals surface area contributed by atoms with Gasteiger partial charge in [-0.05, 0) is 28.9 Å². The van der Waals surface area contributed by atoms with Gasteiger partial charge in [-0.15, -0.1) is 0 Å². The lowest BCUT2D eigenvalue weighted by molar-refractivity contribution is -0.141. The molecule has 0 aliphatic carbocycles. The Morgan fingerprint density at radius 1 is 1.53 bits per heavy atom. The van der Waals surface area contributed by atoms with E-state index in [2.05, 4.69) is 20.9 Å². The molecular formula is C12H16BrN3O3. The molecule has 0 saturated carbocycles. The van der Waals surface area contributed by atoms with Crippen molar-refractivity contribution < 1.29 is 14.3 Å². The molecule has 6 nitrogen and oxygen atoms in total. The second-order valence-corrected chi connectivity index (χ2v) is 4.84. The SMILES string of the molecule is CCOC(=O)CN(C=O)c1cc(Br)cnc1N(C)C. The van der Waals surface area contributed by atoms with Crippen LogP contribution in [0.25, 0.3) is 0 Å². The maximum Gasteiger partial charge on any atom is 0.326 e. The lowest BCUT2D eigenvalue weighted by Crippen LogP contribution is -2.31. The van der Waals surface area contributed by atoms with Crippen LogP contribution in [0.1, 0.15) is 6.92 Å². The van der Waals surface area contributed by atoms with Crippen LogP contribution in [0.4, 0.5) is 11.5 Å². The minimum Gasteiger partial charge on any atom is -0.465 e. The largest absolute Gasteiger partial charge is 0.465 e. The molecule has 0 saturated heterocycles. The molecule has 1 heterocycles. The zero-order valence-corrected chi connectivity index (χ0v) is 12.7. The lowest BCUT2D eigenvalue weighted by atomic mass is 10.3. The highest BCUT2D eigenvalue weighted by Gasteiger charge is 2.17. The van der Waals surface area contributed by atoms with Crippen molar-refractivity contribution in [3.05, 3.63) is 16.7 Å². The van der Waals surface area contributed by atoms with E-state index in [1.165, 1.54) is 4.90 Å². The molecule has 104 valence electrons. The average molecular weight is 330 g/mol. The third-order valence-electron chi connectivity index (χ3n) is 2.28. The van der Waals surface area contributed by atoms with Crippen molar-refractivity contribution in [1.82, 2.24) is 4.98 Å². The minimum atomic E-state index is -0.459. The van der Waals surface area contributed by atoms with Gasteiger partial charge in [0.25, 0.3) is 0 Å². The van der Waals surface area contributed by atoms with Crippen molar-refractivity contribution in [3.8, 4) is 0 Å². The van der Waals surface area contributed by atoms with Crippen LogP contribution in [0.3, 0.4) is 0 Å². The molecule has 0 N–H and O–H groups in total. The quantitative estimate of drug-likeness (QED) is 0.583. The van der Waals surface area contributed by atoms with Crippen molar-refractivity contribution in [1.29, 1.82) is 0 Å². The molecule has 0 fully saturated rings. The van der Waals surface area contributed by atoms with Crippen LogP contribution in [0.15, 0.2) is 16.7 Å². The maximum atomic E-state index is 11.5. The summed E-state index contributed by atoms with van der Waals surface area (Å²) in [5.74, 6) is 0.138. The smallest absolute Gasteiger partial charge is 0.326 e. The monoisotopic (exact) mass is 329 g/mol. The first-order valence-electron chi connectivity index (χ1n) is 5.70. The van der Waals surface area contributed by atoms with E-state index in [-0.39, 0.29) is 13.2 Å². The number of esters is 1. The summed E-state index contributed by atoms with van der Waals surface area (Å²) in [5.41, 5.74) is 0.544. The lowest BCUT2D eigenvalue weighted by Gasteiger charge is -2.22. The number of hydrogen-bond donors (Lipinski definition) is 0. The van der Waals surface area contributed by atoms with E-state index >= 15 is 0 Å². The first kappa shape index (κ1) is 15.4. The predicted octanol–water partition coefficient (Wildman–Crippen LogP) is 1.44. The predicted molar refractivity (Wildman–Crippen MR) is 76.3 cm³/mol. The van der Waals surface area contributed by atoms with E-state index < -0.39 is 5.97 Å². The average Bonchev–Trinajstić information content (AvgIpc) is 2.35. The fraction of sp³-hybridized carbons (Fsp3) is 0.417. The zero-order chi connectivity index (χ0) is 14.4. The van der Waals surface area contributed by atoms with Crippen LogP contribution >= 0.6 is 15.9 Å². The number of aromatic nitrogens is 1. The summed E-state index contributed by atoms with van der Waals surface area (Å²) in [6.45, 7) is 1.86. The molecule has 7 heteroatoms. The fourth-order valence-electron chi connectivity index (χ4n) is 1.50. The first-order valence-corrected chi connectivity index (χ1v) is 6.49. The summed E-state index contributed by atoms with van der Waals surface area (Å²) in [6.07, 6.45) is 2.22. The number of hydrogen-bond acceptors (Lipinski definition) is 5. The number of anilines is 2. The molecule has 0 atom stereocenters. The van der Waals surface area contributed by atoms with Gasteiger partial charge in [-0.2, -0.15) is 0 Å². The topological polar surface area (TPSA) is 62.7 Å². The van der Waals surface area contributed by atoms with E-state index in [9.17, 15) is 9.59 Å². The second kappa shape index (κ2) is 7.08. The minimum absolute atomic E-state index is 0.143. The fourth-order valence-corrected chi connectivity index (χ4v) is 1.82. The Morgan fingerprint density at radius 3 is 2.74 bits per heavy atom. The molecular weight excluding hydrogens is 314 g/mol. The first-order chi connectivity index (χ1) is 8.99. The molecule has 1 aromatic rings. The van der Waals surface area contributed by atoms with Crippen molar-refractivity contribution in [3.63, 3.8) is 0 Å². The number of ether oxygens (including phenoxy) is 1. The maximum absolute atomic E-state index is 11.5. The summed E-state index contributed by atoms with van der Waals surface area (Å²) < 4.78 is 5.57. The highest BCUT2D eigenvalue weighted by Crippen LogP contribution is 2.28. The number of amides is 1. The zero-order valence-electron chi connectivity index (χ0n) is 11.1. The summed E-state index contributed by atoms with van der Waals surface area (Å²) in [7, 11) is 3.63. The van der Waals surface area contributed by atoms with Gasteiger partial charge >= 0.3 is 5.97 Å². The van der Waals surface area contributed by atoms with Crippen LogP contribution in [0.5, 0.6) is 0 Å². The van der Waals surface area contributed by atoms with Gasteiger partial charge in [0.1, 0.15) is 6.54 Å². The highest BCUT2D eigenvalue weighted by molar-refractivity contribution is 9.10. The Morgan fingerprint density at radius 2 is 2.21 bits per heavy atom. The van der Waals surface area contributed by atoms with Crippen molar-refractivity contribution in [2.24, 2.45) is 0 Å². The van der Waals surface area contributed by atoms with Gasteiger partial charge in [0.15, 0.2) is 5.82 Å². The van der Waals surface area contributed by atoms with Crippen LogP contribution in [-0.2, 0) is 14.3 Å². The number of carbonyl (C=O) groups excluding carboxylic acids is 2. The van der Waals surface area contributed by atoms with Crippen molar-refractivity contribution in [2.45, 2.75) is 6.92 Å². The Balaban J connectivity index is 3.06. The van der Waals surface area contributed by atoms with Crippen molar-refractivity contribution >= 4 is 39.8 Å². The Labute approximate surface area is 120 Å². The number of carbonyl (C=O) groups is 2. The summed E-state index contributed by atoms with van der Waals surface area (Å²) >= 11 is 3.30. The standard InChI is InChI=1S/C12H16BrN3O3/c1-4-19-11(18)7-16(8-17)10-5-9(13)6-14-12(10)15(2)3/h5-6,8H,4,7H2,1-3H3. The number of nitrogens with zero attached hydrogens (tertiary/aromatic N) is 3. The van der Waals surface area contributed by atoms with Gasteiger partial charge in [-0.1, -0.05) is 0 Å². The van der Waals surface area contributed by atoms with Gasteiger partial charge in [0.05, 0.1) is 12.3 Å². The van der Waals surface area contributed by atoms with Crippen LogP contribution in [-0.4, -0.2) is 44.6 Å². The van der Waals surface area contributed by atoms with Gasteiger partial charge in [0.2, 0.25) is 6.41 Å². The number of pyridine rings is 1. The van der Waals surface area contributed by atoms with E-state index in [4.69, 9.17) is 4.74 Å². The molecule has 1 rings (SSSR count). The van der Waals surface area contributed by atoms with E-state index in [0.29, 0.717) is 17.9 Å². The van der Waals surface area contributed by atoms with Crippen LogP contribution < -0.4 is 9.80 Å². The normalized spacial score (nSPS) is 9.89. The van der Waals surface area contributed by atoms with Crippen LogP contribution in [0, 0.1) is 0 Å². The Kier molecular flexibility index (Phi) is 5.75. The van der Waals surface area contributed by atoms with E-state index in [0.717, 1.165) is 4.47 Å². The molecule has 0 unspecified atom stereocenters.